The van der Waals surface area contributed by atoms with Crippen molar-refractivity contribution in [2.75, 3.05) is 14.2 Å². The highest BCUT2D eigenvalue weighted by Gasteiger charge is 2.64. The summed E-state index contributed by atoms with van der Waals surface area (Å²) in [6.45, 7) is 0.180. The number of carbonyl (C=O) groups is 3. The second-order valence-corrected chi connectivity index (χ2v) is 9.51. The van der Waals surface area contributed by atoms with Gasteiger partial charge in [0.15, 0.2) is 5.78 Å². The van der Waals surface area contributed by atoms with E-state index in [0.717, 1.165) is 16.7 Å². The largest absolute Gasteiger partial charge is 0.497 e. The first-order chi connectivity index (χ1) is 18.0. The number of amides is 2. The van der Waals surface area contributed by atoms with E-state index in [4.69, 9.17) is 9.47 Å². The number of carbonyl (C=O) groups excluding carboxylic acids is 3. The van der Waals surface area contributed by atoms with Gasteiger partial charge >= 0.3 is 0 Å². The van der Waals surface area contributed by atoms with E-state index in [-0.39, 0.29) is 24.1 Å². The number of nitrogens with zero attached hydrogens (tertiary/aromatic N) is 2. The molecule has 0 aliphatic carbocycles. The van der Waals surface area contributed by atoms with Gasteiger partial charge in [-0.1, -0.05) is 54.6 Å². The molecule has 6 rings (SSSR count). The van der Waals surface area contributed by atoms with Crippen LogP contribution in [-0.2, 0) is 16.1 Å². The van der Waals surface area contributed by atoms with Gasteiger partial charge in [0.1, 0.15) is 17.5 Å². The van der Waals surface area contributed by atoms with Crippen molar-refractivity contribution in [2.45, 2.75) is 18.6 Å². The maximum atomic E-state index is 14.2. The lowest BCUT2D eigenvalue weighted by Crippen LogP contribution is -2.44. The van der Waals surface area contributed by atoms with Gasteiger partial charge in [-0.25, -0.2) is 0 Å². The van der Waals surface area contributed by atoms with Crippen molar-refractivity contribution in [1.29, 1.82) is 0 Å². The average Bonchev–Trinajstić information content (AvgIpc) is 3.41. The molecule has 3 aliphatic rings. The normalized spacial score (nSPS) is 23.5. The highest BCUT2D eigenvalue weighted by Crippen LogP contribution is 2.53. The first-order valence-corrected chi connectivity index (χ1v) is 12.2. The van der Waals surface area contributed by atoms with Gasteiger partial charge in [-0.3, -0.25) is 19.3 Å². The van der Waals surface area contributed by atoms with Gasteiger partial charge in [0.05, 0.1) is 44.2 Å². The summed E-state index contributed by atoms with van der Waals surface area (Å²) >= 11 is 0. The molecule has 7 heteroatoms. The number of rotatable bonds is 6. The van der Waals surface area contributed by atoms with Crippen molar-refractivity contribution in [3.05, 3.63) is 101 Å². The fourth-order valence-corrected chi connectivity index (χ4v) is 6.01. The molecule has 7 nitrogen and oxygen atoms in total. The van der Waals surface area contributed by atoms with E-state index in [1.54, 1.807) is 18.2 Å². The summed E-state index contributed by atoms with van der Waals surface area (Å²) in [5, 5.41) is 0. The molecule has 2 saturated heterocycles. The summed E-state index contributed by atoms with van der Waals surface area (Å²) in [7, 11) is 3.03. The molecule has 4 atom stereocenters. The smallest absolute Gasteiger partial charge is 0.236 e. The van der Waals surface area contributed by atoms with Crippen LogP contribution in [-0.4, -0.2) is 47.7 Å². The standard InChI is InChI=1S/C30H26N2O5/c1-36-20-12-13-23(37-2)22(16-20)28(33)27-25-24(26-21-11-7-6-10-19(21)14-15-31(26)27)29(34)32(30(25)35)17-18-8-4-3-5-9-18/h3-16,24-27H,17H2,1-2H3/t24-,25+,26+,27-/m0/s1. The monoisotopic (exact) mass is 494 g/mol. The third kappa shape index (κ3) is 3.53. The van der Waals surface area contributed by atoms with E-state index in [2.05, 4.69) is 0 Å². The van der Waals surface area contributed by atoms with Gasteiger partial charge in [-0.05, 0) is 41.0 Å². The Kier molecular flexibility index (Phi) is 5.56. The Morgan fingerprint density at radius 2 is 1.59 bits per heavy atom. The van der Waals surface area contributed by atoms with Crippen LogP contribution in [0.3, 0.4) is 0 Å². The Balaban J connectivity index is 1.47. The summed E-state index contributed by atoms with van der Waals surface area (Å²) in [6.07, 6.45) is 3.79. The summed E-state index contributed by atoms with van der Waals surface area (Å²) in [5.74, 6) is -1.43. The van der Waals surface area contributed by atoms with Crippen LogP contribution in [0.15, 0.2) is 79.0 Å². The molecule has 0 saturated carbocycles. The molecular formula is C30H26N2O5. The highest BCUT2D eigenvalue weighted by molar-refractivity contribution is 6.12. The minimum Gasteiger partial charge on any atom is -0.497 e. The van der Waals surface area contributed by atoms with Gasteiger partial charge in [0.25, 0.3) is 0 Å². The van der Waals surface area contributed by atoms with Crippen molar-refractivity contribution in [2.24, 2.45) is 11.8 Å². The minimum absolute atomic E-state index is 0.180. The molecule has 37 heavy (non-hydrogen) atoms. The number of benzene rings is 3. The average molecular weight is 495 g/mol. The molecule has 0 spiro atoms. The molecule has 2 fully saturated rings. The number of hydrogen-bond donors (Lipinski definition) is 0. The Morgan fingerprint density at radius 3 is 2.35 bits per heavy atom. The van der Waals surface area contributed by atoms with Crippen LogP contribution in [0, 0.1) is 11.8 Å². The van der Waals surface area contributed by atoms with Crippen LogP contribution < -0.4 is 9.47 Å². The second-order valence-electron chi connectivity index (χ2n) is 9.51. The first-order valence-electron chi connectivity index (χ1n) is 12.2. The Hall–Kier alpha value is -4.39. The summed E-state index contributed by atoms with van der Waals surface area (Å²) in [5.41, 5.74) is 3.11. The lowest BCUT2D eigenvalue weighted by Gasteiger charge is -2.35. The van der Waals surface area contributed by atoms with Crippen LogP contribution in [0.25, 0.3) is 6.08 Å². The summed E-state index contributed by atoms with van der Waals surface area (Å²) < 4.78 is 10.9. The zero-order valence-corrected chi connectivity index (χ0v) is 20.5. The third-order valence-electron chi connectivity index (χ3n) is 7.68. The number of imide groups is 1. The zero-order valence-electron chi connectivity index (χ0n) is 20.5. The van der Waals surface area contributed by atoms with Crippen molar-refractivity contribution >= 4 is 23.7 Å². The van der Waals surface area contributed by atoms with Crippen LogP contribution >= 0.6 is 0 Å². The van der Waals surface area contributed by atoms with Gasteiger partial charge in [-0.15, -0.1) is 0 Å². The molecule has 3 aromatic carbocycles. The lowest BCUT2D eigenvalue weighted by atomic mass is 9.83. The quantitative estimate of drug-likeness (QED) is 0.380. The molecule has 0 bridgehead atoms. The third-order valence-corrected chi connectivity index (χ3v) is 7.68. The maximum absolute atomic E-state index is 14.2. The molecule has 0 radical (unpaired) electrons. The first kappa shape index (κ1) is 23.0. The van der Waals surface area contributed by atoms with Gasteiger partial charge < -0.3 is 14.4 Å². The van der Waals surface area contributed by atoms with E-state index < -0.39 is 23.9 Å². The van der Waals surface area contributed by atoms with Gasteiger partial charge in [0, 0.05) is 6.20 Å². The maximum Gasteiger partial charge on any atom is 0.236 e. The van der Waals surface area contributed by atoms with Crippen LogP contribution in [0.2, 0.25) is 0 Å². The lowest BCUT2D eigenvalue weighted by molar-refractivity contribution is -0.142. The molecular weight excluding hydrogens is 468 g/mol. The predicted molar refractivity (Wildman–Crippen MR) is 137 cm³/mol. The van der Waals surface area contributed by atoms with E-state index in [0.29, 0.717) is 17.1 Å². The zero-order chi connectivity index (χ0) is 25.7. The molecule has 2 amide bonds. The van der Waals surface area contributed by atoms with E-state index in [1.165, 1.54) is 19.1 Å². The summed E-state index contributed by atoms with van der Waals surface area (Å²) in [6, 6.07) is 21.0. The number of likely N-dealkylation sites (tertiary alicyclic amines) is 1. The predicted octanol–water partition coefficient (Wildman–Crippen LogP) is 4.10. The van der Waals surface area contributed by atoms with E-state index in [9.17, 15) is 14.4 Å². The highest BCUT2D eigenvalue weighted by atomic mass is 16.5. The number of Topliss-reactive ketones (excluding diaryl/α,β-unsaturated/α-hetero) is 1. The molecule has 3 heterocycles. The van der Waals surface area contributed by atoms with E-state index in [1.807, 2.05) is 71.8 Å². The molecule has 0 aromatic heterocycles. The molecule has 0 unspecified atom stereocenters. The van der Waals surface area contributed by atoms with Gasteiger partial charge in [0.2, 0.25) is 11.8 Å². The molecule has 186 valence electrons. The second kappa shape index (κ2) is 8.92. The topological polar surface area (TPSA) is 76.1 Å². The Labute approximate surface area is 214 Å². The number of ketones is 1. The summed E-state index contributed by atoms with van der Waals surface area (Å²) in [4.78, 5) is 45.3. The van der Waals surface area contributed by atoms with Crippen molar-refractivity contribution < 1.29 is 23.9 Å². The minimum atomic E-state index is -0.863. The Bertz CT molecular complexity index is 1430. The number of hydrogen-bond acceptors (Lipinski definition) is 6. The number of fused-ring (bicyclic) bond motifs is 5. The number of methoxy groups -OCH3 is 2. The van der Waals surface area contributed by atoms with Crippen LogP contribution in [0.1, 0.15) is 33.1 Å². The van der Waals surface area contributed by atoms with Crippen molar-refractivity contribution in [3.63, 3.8) is 0 Å². The molecule has 0 N–H and O–H groups in total. The molecule has 3 aromatic rings. The van der Waals surface area contributed by atoms with Crippen molar-refractivity contribution in [1.82, 2.24) is 9.80 Å². The molecule has 3 aliphatic heterocycles. The van der Waals surface area contributed by atoms with Crippen LogP contribution in [0.4, 0.5) is 0 Å². The van der Waals surface area contributed by atoms with Crippen molar-refractivity contribution in [3.8, 4) is 11.5 Å². The van der Waals surface area contributed by atoms with Crippen LogP contribution in [0.5, 0.6) is 11.5 Å². The SMILES string of the molecule is COc1ccc(OC)c(C(=O)[C@@H]2[C@@H]3C(=O)N(Cc4ccccc4)C(=O)[C@@H]3[C@H]3c4ccccc4C=CN23)c1. The Morgan fingerprint density at radius 1 is 0.865 bits per heavy atom. The fourth-order valence-electron chi connectivity index (χ4n) is 6.01. The number of ether oxygens (including phenoxy) is 2. The fraction of sp³-hybridized carbons (Fsp3) is 0.233. The van der Waals surface area contributed by atoms with E-state index >= 15 is 0 Å². The van der Waals surface area contributed by atoms with Gasteiger partial charge in [-0.2, -0.15) is 0 Å².